The van der Waals surface area contributed by atoms with Gasteiger partial charge in [0.25, 0.3) is 0 Å². The molecule has 19 heavy (non-hydrogen) atoms. The molecular formula is C15H17N3O. The highest BCUT2D eigenvalue weighted by molar-refractivity contribution is 5.59. The van der Waals surface area contributed by atoms with Crippen molar-refractivity contribution in [1.82, 2.24) is 10.2 Å². The zero-order valence-electron chi connectivity index (χ0n) is 10.7. The van der Waals surface area contributed by atoms with E-state index in [1.54, 1.807) is 0 Å². The summed E-state index contributed by atoms with van der Waals surface area (Å²) in [4.78, 5) is 0. The number of hydrogen-bond donors (Lipinski definition) is 1. The molecule has 2 heterocycles. The van der Waals surface area contributed by atoms with Gasteiger partial charge in [0.15, 0.2) is 0 Å². The molecule has 0 saturated carbocycles. The van der Waals surface area contributed by atoms with E-state index >= 15 is 0 Å². The summed E-state index contributed by atoms with van der Waals surface area (Å²) in [5.41, 5.74) is 1.98. The zero-order valence-corrected chi connectivity index (χ0v) is 10.7. The van der Waals surface area contributed by atoms with Crippen LogP contribution in [0, 0.1) is 0 Å². The van der Waals surface area contributed by atoms with Crippen molar-refractivity contribution in [3.63, 3.8) is 0 Å². The van der Waals surface area contributed by atoms with Crippen LogP contribution in [-0.2, 0) is 4.74 Å². The van der Waals surface area contributed by atoms with Crippen molar-refractivity contribution < 1.29 is 4.74 Å². The van der Waals surface area contributed by atoms with E-state index in [9.17, 15) is 0 Å². The molecule has 4 nitrogen and oxygen atoms in total. The van der Waals surface area contributed by atoms with Crippen LogP contribution in [0.5, 0.6) is 0 Å². The maximum atomic E-state index is 5.56. The summed E-state index contributed by atoms with van der Waals surface area (Å²) in [7, 11) is 0. The summed E-state index contributed by atoms with van der Waals surface area (Å²) < 4.78 is 5.56. The van der Waals surface area contributed by atoms with Gasteiger partial charge in [0, 0.05) is 18.7 Å². The largest absolute Gasteiger partial charge is 0.376 e. The molecule has 0 spiro atoms. The molecule has 4 heteroatoms. The van der Waals surface area contributed by atoms with Crippen LogP contribution in [0.15, 0.2) is 42.5 Å². The van der Waals surface area contributed by atoms with Gasteiger partial charge in [-0.05, 0) is 25.0 Å². The zero-order chi connectivity index (χ0) is 12.9. The summed E-state index contributed by atoms with van der Waals surface area (Å²) in [5, 5.41) is 11.7. The molecule has 0 aliphatic carbocycles. The molecule has 1 saturated heterocycles. The third-order valence-corrected chi connectivity index (χ3v) is 3.27. The van der Waals surface area contributed by atoms with Gasteiger partial charge in [-0.1, -0.05) is 30.3 Å². The molecule has 1 aromatic heterocycles. The Hall–Kier alpha value is -1.94. The van der Waals surface area contributed by atoms with E-state index in [0.29, 0.717) is 6.10 Å². The van der Waals surface area contributed by atoms with E-state index in [0.717, 1.165) is 43.1 Å². The van der Waals surface area contributed by atoms with Crippen LogP contribution >= 0.6 is 0 Å². The second kappa shape index (κ2) is 5.80. The molecule has 0 radical (unpaired) electrons. The lowest BCUT2D eigenvalue weighted by molar-refractivity contribution is 0.120. The highest BCUT2D eigenvalue weighted by atomic mass is 16.5. The Morgan fingerprint density at radius 2 is 2.00 bits per heavy atom. The molecule has 98 valence electrons. The van der Waals surface area contributed by atoms with Crippen molar-refractivity contribution in [1.29, 1.82) is 0 Å². The molecule has 1 aliphatic heterocycles. The minimum Gasteiger partial charge on any atom is -0.376 e. The Bertz CT molecular complexity index is 507. The van der Waals surface area contributed by atoms with Crippen molar-refractivity contribution in [3.8, 4) is 11.3 Å². The molecule has 1 atom stereocenters. The van der Waals surface area contributed by atoms with Gasteiger partial charge >= 0.3 is 0 Å². The first-order valence-electron chi connectivity index (χ1n) is 6.66. The number of nitrogens with one attached hydrogen (secondary N) is 1. The van der Waals surface area contributed by atoms with Crippen LogP contribution in [0.4, 0.5) is 5.82 Å². The number of rotatable bonds is 4. The fourth-order valence-corrected chi connectivity index (χ4v) is 2.21. The van der Waals surface area contributed by atoms with Crippen molar-refractivity contribution in [3.05, 3.63) is 42.5 Å². The monoisotopic (exact) mass is 255 g/mol. The van der Waals surface area contributed by atoms with E-state index < -0.39 is 0 Å². The third kappa shape index (κ3) is 3.09. The predicted molar refractivity (Wildman–Crippen MR) is 74.9 cm³/mol. The quantitative estimate of drug-likeness (QED) is 0.912. The molecule has 2 aromatic rings. The summed E-state index contributed by atoms with van der Waals surface area (Å²) >= 11 is 0. The topological polar surface area (TPSA) is 47.0 Å². The summed E-state index contributed by atoms with van der Waals surface area (Å²) in [6, 6.07) is 14.0. The smallest absolute Gasteiger partial charge is 0.148 e. The van der Waals surface area contributed by atoms with Crippen LogP contribution in [0.25, 0.3) is 11.3 Å². The van der Waals surface area contributed by atoms with Gasteiger partial charge in [0.05, 0.1) is 11.8 Å². The Morgan fingerprint density at radius 3 is 2.68 bits per heavy atom. The lowest BCUT2D eigenvalue weighted by Crippen LogP contribution is -2.19. The number of anilines is 1. The first-order valence-corrected chi connectivity index (χ1v) is 6.66. The van der Waals surface area contributed by atoms with E-state index in [-0.39, 0.29) is 0 Å². The van der Waals surface area contributed by atoms with E-state index in [2.05, 4.69) is 15.5 Å². The van der Waals surface area contributed by atoms with Crippen LogP contribution < -0.4 is 5.32 Å². The highest BCUT2D eigenvalue weighted by Crippen LogP contribution is 2.17. The number of hydrogen-bond acceptors (Lipinski definition) is 4. The van der Waals surface area contributed by atoms with Crippen molar-refractivity contribution in [2.45, 2.75) is 18.9 Å². The Labute approximate surface area is 112 Å². The maximum absolute atomic E-state index is 5.56. The first kappa shape index (κ1) is 12.1. The second-order valence-corrected chi connectivity index (χ2v) is 4.69. The highest BCUT2D eigenvalue weighted by Gasteiger charge is 2.14. The fraction of sp³-hybridized carbons (Fsp3) is 0.333. The molecule has 1 unspecified atom stereocenters. The number of aromatic nitrogens is 2. The molecule has 0 amide bonds. The standard InChI is InChI=1S/C15H17N3O/c1-2-5-12(6-3-1)14-8-9-15(18-17-14)16-11-13-7-4-10-19-13/h1-3,5-6,8-9,13H,4,7,10-11H2,(H,16,18). The number of benzene rings is 1. The summed E-state index contributed by atoms with van der Waals surface area (Å²) in [6.07, 6.45) is 2.60. The summed E-state index contributed by atoms with van der Waals surface area (Å²) in [5.74, 6) is 0.801. The number of ether oxygens (including phenoxy) is 1. The molecule has 1 aromatic carbocycles. The van der Waals surface area contributed by atoms with Gasteiger partial charge < -0.3 is 10.1 Å². The van der Waals surface area contributed by atoms with Gasteiger partial charge in [-0.25, -0.2) is 0 Å². The van der Waals surface area contributed by atoms with Gasteiger partial charge in [0.2, 0.25) is 0 Å². The van der Waals surface area contributed by atoms with Gasteiger partial charge in [-0.2, -0.15) is 0 Å². The summed E-state index contributed by atoms with van der Waals surface area (Å²) in [6.45, 7) is 1.68. The SMILES string of the molecule is c1ccc(-c2ccc(NCC3CCCO3)nn2)cc1. The van der Waals surface area contributed by atoms with Crippen molar-refractivity contribution in [2.75, 3.05) is 18.5 Å². The van der Waals surface area contributed by atoms with Gasteiger partial charge in [-0.3, -0.25) is 0 Å². The molecule has 1 fully saturated rings. The second-order valence-electron chi connectivity index (χ2n) is 4.69. The Balaban J connectivity index is 1.62. The molecule has 0 bridgehead atoms. The number of nitrogens with zero attached hydrogens (tertiary/aromatic N) is 2. The van der Waals surface area contributed by atoms with Crippen molar-refractivity contribution >= 4 is 5.82 Å². The lowest BCUT2D eigenvalue weighted by Gasteiger charge is -2.10. The van der Waals surface area contributed by atoms with Gasteiger partial charge in [-0.15, -0.1) is 10.2 Å². The first-order chi connectivity index (χ1) is 9.42. The normalized spacial score (nSPS) is 18.4. The predicted octanol–water partition coefficient (Wildman–Crippen LogP) is 2.73. The van der Waals surface area contributed by atoms with E-state index in [1.807, 2.05) is 42.5 Å². The molecule has 3 rings (SSSR count). The van der Waals surface area contributed by atoms with Crippen LogP contribution in [0.3, 0.4) is 0 Å². The lowest BCUT2D eigenvalue weighted by atomic mass is 10.1. The maximum Gasteiger partial charge on any atom is 0.148 e. The molecule has 1 aliphatic rings. The minimum absolute atomic E-state index is 0.315. The molecular weight excluding hydrogens is 238 g/mol. The van der Waals surface area contributed by atoms with Crippen LogP contribution in [-0.4, -0.2) is 29.5 Å². The minimum atomic E-state index is 0.315. The Morgan fingerprint density at radius 1 is 1.11 bits per heavy atom. The molecule has 1 N–H and O–H groups in total. The van der Waals surface area contributed by atoms with Crippen molar-refractivity contribution in [2.24, 2.45) is 0 Å². The average Bonchev–Trinajstić information content (AvgIpc) is 3.00. The van der Waals surface area contributed by atoms with E-state index in [1.165, 1.54) is 0 Å². The van der Waals surface area contributed by atoms with E-state index in [4.69, 9.17) is 4.74 Å². The van der Waals surface area contributed by atoms with Gasteiger partial charge in [0.1, 0.15) is 5.82 Å². The average molecular weight is 255 g/mol. The third-order valence-electron chi connectivity index (χ3n) is 3.27. The van der Waals surface area contributed by atoms with Crippen LogP contribution in [0.2, 0.25) is 0 Å². The Kier molecular flexibility index (Phi) is 3.70. The van der Waals surface area contributed by atoms with Crippen LogP contribution in [0.1, 0.15) is 12.8 Å². The fourth-order valence-electron chi connectivity index (χ4n) is 2.21.